The van der Waals surface area contributed by atoms with E-state index in [1.807, 2.05) is 32.3 Å². The maximum Gasteiger partial charge on any atom is 0.0353 e. The summed E-state index contributed by atoms with van der Waals surface area (Å²) in [7, 11) is 2.00. The summed E-state index contributed by atoms with van der Waals surface area (Å²) < 4.78 is 0. The minimum atomic E-state index is 0.652. The fourth-order valence-electron chi connectivity index (χ4n) is 0.925. The van der Waals surface area contributed by atoms with E-state index >= 15 is 0 Å². The Balaban J connectivity index is 4.28. The second-order valence-electron chi connectivity index (χ2n) is 3.97. The van der Waals surface area contributed by atoms with Crippen LogP contribution in [0.25, 0.3) is 0 Å². The lowest BCUT2D eigenvalue weighted by atomic mass is 10.3. The molecule has 0 bridgehead atoms. The van der Waals surface area contributed by atoms with Crippen LogP contribution in [-0.2, 0) is 0 Å². The monoisotopic (exact) mass is 221 g/mol. The molecular weight excluding hydrogens is 198 g/mol. The van der Waals surface area contributed by atoms with Gasteiger partial charge in [-0.2, -0.15) is 0 Å². The minimum Gasteiger partial charge on any atom is -0.399 e. The highest BCUT2D eigenvalue weighted by Crippen LogP contribution is 1.96. The molecule has 0 radical (unpaired) electrons. The lowest BCUT2D eigenvalue weighted by Gasteiger charge is -2.10. The van der Waals surface area contributed by atoms with Gasteiger partial charge in [0.1, 0.15) is 0 Å². The van der Waals surface area contributed by atoms with Gasteiger partial charge in [-0.1, -0.05) is 17.7 Å². The van der Waals surface area contributed by atoms with Crippen LogP contribution in [-0.4, -0.2) is 18.5 Å². The van der Waals surface area contributed by atoms with Gasteiger partial charge < -0.3 is 16.4 Å². The highest BCUT2D eigenvalue weighted by Gasteiger charge is 1.89. The number of likely N-dealkylation sites (N-methyl/N-ethyl adjacent to an activating group) is 1. The van der Waals surface area contributed by atoms with Crippen molar-refractivity contribution in [3.63, 3.8) is 0 Å². The van der Waals surface area contributed by atoms with Crippen molar-refractivity contribution in [1.29, 1.82) is 0 Å². The Morgan fingerprint density at radius 1 is 1.19 bits per heavy atom. The second kappa shape index (κ2) is 7.63. The Labute approximate surface area is 98.8 Å². The van der Waals surface area contributed by atoms with Crippen molar-refractivity contribution in [1.82, 2.24) is 4.90 Å². The lowest BCUT2D eigenvalue weighted by Crippen LogP contribution is -2.11. The Morgan fingerprint density at radius 3 is 2.31 bits per heavy atom. The predicted octanol–water partition coefficient (Wildman–Crippen LogP) is 2.10. The third kappa shape index (κ3) is 7.74. The zero-order valence-electron chi connectivity index (χ0n) is 10.7. The van der Waals surface area contributed by atoms with E-state index in [1.54, 1.807) is 6.08 Å². The van der Waals surface area contributed by atoms with Crippen LogP contribution in [0, 0.1) is 0 Å². The molecule has 0 aliphatic carbocycles. The van der Waals surface area contributed by atoms with Crippen molar-refractivity contribution in [3.8, 4) is 0 Å². The van der Waals surface area contributed by atoms with Crippen LogP contribution in [0.15, 0.2) is 47.5 Å². The van der Waals surface area contributed by atoms with Gasteiger partial charge >= 0.3 is 0 Å². The topological polar surface area (TPSA) is 55.3 Å². The van der Waals surface area contributed by atoms with E-state index in [4.69, 9.17) is 11.5 Å². The molecule has 0 aromatic rings. The van der Waals surface area contributed by atoms with Crippen LogP contribution in [0.5, 0.6) is 0 Å². The summed E-state index contributed by atoms with van der Waals surface area (Å²) in [5.41, 5.74) is 14.0. The van der Waals surface area contributed by atoms with Crippen LogP contribution >= 0.6 is 0 Å². The largest absolute Gasteiger partial charge is 0.399 e. The van der Waals surface area contributed by atoms with Crippen molar-refractivity contribution in [2.45, 2.75) is 20.8 Å². The average Bonchev–Trinajstić information content (AvgIpc) is 2.23. The molecule has 0 spiro atoms. The van der Waals surface area contributed by atoms with Crippen LogP contribution in [0.3, 0.4) is 0 Å². The summed E-state index contributed by atoms with van der Waals surface area (Å²) in [6.07, 6.45) is 9.49. The zero-order chi connectivity index (χ0) is 12.6. The first kappa shape index (κ1) is 14.4. The molecule has 0 aromatic carbocycles. The van der Waals surface area contributed by atoms with Crippen LogP contribution in [0.2, 0.25) is 0 Å². The molecule has 90 valence electrons. The van der Waals surface area contributed by atoms with E-state index in [9.17, 15) is 0 Å². The van der Waals surface area contributed by atoms with Gasteiger partial charge in [0.25, 0.3) is 0 Å². The fraction of sp³-hybridized carbons (Fsp3) is 0.385. The first-order valence-electron chi connectivity index (χ1n) is 5.36. The quantitative estimate of drug-likeness (QED) is 0.552. The molecule has 0 saturated carbocycles. The molecule has 0 saturated heterocycles. The van der Waals surface area contributed by atoms with Crippen molar-refractivity contribution >= 4 is 0 Å². The van der Waals surface area contributed by atoms with Gasteiger partial charge in [-0.15, -0.1) is 0 Å². The number of nitrogens with zero attached hydrogens (tertiary/aromatic N) is 1. The van der Waals surface area contributed by atoms with Crippen molar-refractivity contribution in [2.75, 3.05) is 13.6 Å². The predicted molar refractivity (Wildman–Crippen MR) is 71.4 cm³/mol. The first-order valence-corrected chi connectivity index (χ1v) is 5.36. The van der Waals surface area contributed by atoms with E-state index in [2.05, 4.69) is 24.8 Å². The van der Waals surface area contributed by atoms with Gasteiger partial charge in [-0.25, -0.2) is 0 Å². The van der Waals surface area contributed by atoms with Gasteiger partial charge in [-0.05, 0) is 32.9 Å². The summed E-state index contributed by atoms with van der Waals surface area (Å²) in [6.45, 7) is 6.92. The smallest absolute Gasteiger partial charge is 0.0353 e. The Bertz CT molecular complexity index is 318. The van der Waals surface area contributed by atoms with Gasteiger partial charge in [0, 0.05) is 31.2 Å². The third-order valence-electron chi connectivity index (χ3n) is 1.98. The van der Waals surface area contributed by atoms with Gasteiger partial charge in [0.05, 0.1) is 0 Å². The van der Waals surface area contributed by atoms with Crippen LogP contribution in [0.1, 0.15) is 20.8 Å². The molecule has 0 atom stereocenters. The normalized spacial score (nSPS) is 13.0. The highest BCUT2D eigenvalue weighted by atomic mass is 15.1. The van der Waals surface area contributed by atoms with Crippen LogP contribution < -0.4 is 11.5 Å². The van der Waals surface area contributed by atoms with Crippen molar-refractivity contribution in [3.05, 3.63) is 47.5 Å². The maximum atomic E-state index is 5.77. The number of hydrogen-bond acceptors (Lipinski definition) is 3. The first-order chi connectivity index (χ1) is 7.45. The molecule has 4 N–H and O–H groups in total. The van der Waals surface area contributed by atoms with Crippen molar-refractivity contribution in [2.24, 2.45) is 11.5 Å². The molecule has 0 aliphatic heterocycles. The fourth-order valence-corrected chi connectivity index (χ4v) is 0.925. The molecular formula is C13H23N3. The summed E-state index contributed by atoms with van der Waals surface area (Å²) in [5.74, 6) is 0. The van der Waals surface area contributed by atoms with E-state index < -0.39 is 0 Å². The molecule has 3 nitrogen and oxygen atoms in total. The summed E-state index contributed by atoms with van der Waals surface area (Å²) >= 11 is 0. The zero-order valence-corrected chi connectivity index (χ0v) is 10.7. The average molecular weight is 221 g/mol. The van der Waals surface area contributed by atoms with Crippen molar-refractivity contribution < 1.29 is 0 Å². The SMILES string of the molecule is C\C=C(N)/C=C(N)\C=C\N(C)CC=C(C)C. The molecule has 0 heterocycles. The highest BCUT2D eigenvalue weighted by molar-refractivity contribution is 5.25. The second-order valence-corrected chi connectivity index (χ2v) is 3.97. The standard InChI is InChI=1S/C13H23N3/c1-5-12(14)10-13(15)7-9-16(4)8-6-11(2)3/h5-7,9-10H,8,14-15H2,1-4H3/b9-7+,12-5+,13-10+. The molecule has 16 heavy (non-hydrogen) atoms. The number of allylic oxidation sites excluding steroid dienone is 4. The van der Waals surface area contributed by atoms with E-state index in [1.165, 1.54) is 5.57 Å². The third-order valence-corrected chi connectivity index (χ3v) is 1.98. The van der Waals surface area contributed by atoms with Crippen LogP contribution in [0.4, 0.5) is 0 Å². The molecule has 0 aromatic heterocycles. The molecule has 3 heteroatoms. The molecule has 0 unspecified atom stereocenters. The Hall–Kier alpha value is -1.64. The van der Waals surface area contributed by atoms with E-state index in [0.717, 1.165) is 6.54 Å². The number of nitrogens with two attached hydrogens (primary N) is 2. The van der Waals surface area contributed by atoms with Gasteiger partial charge in [0.2, 0.25) is 0 Å². The number of rotatable bonds is 5. The molecule has 0 rings (SSSR count). The van der Waals surface area contributed by atoms with Gasteiger partial charge in [0.15, 0.2) is 0 Å². The molecule has 0 aliphatic rings. The lowest BCUT2D eigenvalue weighted by molar-refractivity contribution is 0.508. The number of hydrogen-bond donors (Lipinski definition) is 2. The summed E-state index contributed by atoms with van der Waals surface area (Å²) in [4.78, 5) is 2.06. The van der Waals surface area contributed by atoms with Gasteiger partial charge in [-0.3, -0.25) is 0 Å². The maximum absolute atomic E-state index is 5.77. The molecule has 0 fully saturated rings. The summed E-state index contributed by atoms with van der Waals surface area (Å²) in [5, 5.41) is 0. The van der Waals surface area contributed by atoms with E-state index in [-0.39, 0.29) is 0 Å². The Morgan fingerprint density at radius 2 is 1.81 bits per heavy atom. The summed E-state index contributed by atoms with van der Waals surface area (Å²) in [6, 6.07) is 0. The Kier molecular flexibility index (Phi) is 6.84. The van der Waals surface area contributed by atoms with E-state index in [0.29, 0.717) is 11.4 Å². The minimum absolute atomic E-state index is 0.652. The molecule has 0 amide bonds.